The molecule has 2 unspecified atom stereocenters. The number of hydrogen-bond acceptors (Lipinski definition) is 7. The van der Waals surface area contributed by atoms with Crippen LogP contribution in [0.2, 0.25) is 5.02 Å². The summed E-state index contributed by atoms with van der Waals surface area (Å²) >= 11 is 9.51. The van der Waals surface area contributed by atoms with Crippen molar-refractivity contribution in [3.8, 4) is 0 Å². The van der Waals surface area contributed by atoms with Crippen LogP contribution < -0.4 is 11.0 Å². The molecule has 1 aliphatic carbocycles. The minimum atomic E-state index is -5.08. The quantitative estimate of drug-likeness (QED) is 0.244. The second kappa shape index (κ2) is 11.6. The Morgan fingerprint density at radius 2 is 2.03 bits per heavy atom. The summed E-state index contributed by atoms with van der Waals surface area (Å²) in [6.45, 7) is 3.68. The number of carboxylic acid groups (broad SMARTS) is 1. The second-order valence-electron chi connectivity index (χ2n) is 8.76. The maximum Gasteiger partial charge on any atom is 0.490 e. The maximum absolute atomic E-state index is 12.8. The van der Waals surface area contributed by atoms with Crippen LogP contribution in [0.5, 0.6) is 0 Å². The number of benzene rings is 1. The first-order valence-electron chi connectivity index (χ1n) is 11.6. The number of aryl methyl sites for hydroxylation is 1. The van der Waals surface area contributed by atoms with E-state index in [1.54, 1.807) is 15.9 Å². The van der Waals surface area contributed by atoms with Crippen LogP contribution in [0.15, 0.2) is 34.2 Å². The van der Waals surface area contributed by atoms with Crippen LogP contribution in [0.4, 0.5) is 13.2 Å². The average Bonchev–Trinajstić information content (AvgIpc) is 3.47. The molecule has 7 nitrogen and oxygen atoms in total. The third-order valence-corrected chi connectivity index (χ3v) is 8.05. The molecule has 2 aliphatic rings. The number of hydrogen-bond donors (Lipinski definition) is 2. The van der Waals surface area contributed by atoms with Gasteiger partial charge in [-0.15, -0.1) is 23.1 Å². The molecule has 13 heteroatoms. The first-order chi connectivity index (χ1) is 18.0. The third-order valence-electron chi connectivity index (χ3n) is 6.15. The zero-order valence-electron chi connectivity index (χ0n) is 20.4. The van der Waals surface area contributed by atoms with Crippen molar-refractivity contribution >= 4 is 52.8 Å². The summed E-state index contributed by atoms with van der Waals surface area (Å²) in [6.07, 6.45) is 5.36. The highest BCUT2D eigenvalue weighted by atomic mass is 35.5. The van der Waals surface area contributed by atoms with E-state index >= 15 is 0 Å². The van der Waals surface area contributed by atoms with Crippen molar-refractivity contribution < 1.29 is 23.1 Å². The van der Waals surface area contributed by atoms with Gasteiger partial charge in [0.05, 0.1) is 21.5 Å². The van der Waals surface area contributed by atoms with Crippen molar-refractivity contribution in [3.05, 3.63) is 72.2 Å². The molecule has 1 fully saturated rings. The molecule has 1 saturated heterocycles. The first kappa shape index (κ1) is 28.3. The largest absolute Gasteiger partial charge is 0.490 e. The van der Waals surface area contributed by atoms with Crippen LogP contribution in [0.3, 0.4) is 0 Å². The second-order valence-corrected chi connectivity index (χ2v) is 11.2. The van der Waals surface area contributed by atoms with Crippen molar-refractivity contribution in [2.45, 2.75) is 49.5 Å². The number of nitrogens with one attached hydrogen (secondary N) is 1. The summed E-state index contributed by atoms with van der Waals surface area (Å²) in [5.41, 5.74) is 4.04. The van der Waals surface area contributed by atoms with E-state index in [9.17, 15) is 18.0 Å². The number of fused-ring (bicyclic) bond motifs is 2. The van der Waals surface area contributed by atoms with E-state index in [-0.39, 0.29) is 11.6 Å². The van der Waals surface area contributed by atoms with E-state index in [4.69, 9.17) is 26.5 Å². The van der Waals surface area contributed by atoms with E-state index < -0.39 is 12.1 Å². The van der Waals surface area contributed by atoms with Gasteiger partial charge in [-0.3, -0.25) is 4.57 Å². The highest BCUT2D eigenvalue weighted by molar-refractivity contribution is 7.98. The van der Waals surface area contributed by atoms with Gasteiger partial charge in [0, 0.05) is 29.4 Å². The molecule has 5 rings (SSSR count). The molecule has 0 bridgehead atoms. The fourth-order valence-electron chi connectivity index (χ4n) is 4.50. The van der Waals surface area contributed by atoms with Gasteiger partial charge >= 0.3 is 17.8 Å². The van der Waals surface area contributed by atoms with Gasteiger partial charge < -0.3 is 10.4 Å². The molecule has 202 valence electrons. The Labute approximate surface area is 229 Å². The smallest absolute Gasteiger partial charge is 0.475 e. The highest BCUT2D eigenvalue weighted by Gasteiger charge is 2.38. The maximum atomic E-state index is 12.8. The van der Waals surface area contributed by atoms with Gasteiger partial charge in [-0.1, -0.05) is 23.7 Å². The fourth-order valence-corrected chi connectivity index (χ4v) is 6.12. The zero-order chi connectivity index (χ0) is 27.6. The molecule has 2 N–H and O–H groups in total. The molecule has 38 heavy (non-hydrogen) atoms. The highest BCUT2D eigenvalue weighted by Crippen LogP contribution is 2.43. The van der Waals surface area contributed by atoms with Gasteiger partial charge in [0.2, 0.25) is 0 Å². The lowest BCUT2D eigenvalue weighted by Crippen LogP contribution is -2.34. The minimum Gasteiger partial charge on any atom is -0.475 e. The van der Waals surface area contributed by atoms with Gasteiger partial charge in [-0.2, -0.15) is 18.2 Å². The number of alkyl halides is 3. The monoisotopic (exact) mass is 584 g/mol. The average molecular weight is 585 g/mol. The van der Waals surface area contributed by atoms with Crippen molar-refractivity contribution in [2.75, 3.05) is 12.8 Å². The number of rotatable bonds is 4. The van der Waals surface area contributed by atoms with Crippen LogP contribution >= 0.6 is 34.7 Å². The van der Waals surface area contributed by atoms with Crippen LogP contribution in [0.1, 0.15) is 51.0 Å². The zero-order valence-corrected chi connectivity index (χ0v) is 22.8. The van der Waals surface area contributed by atoms with E-state index in [2.05, 4.69) is 28.5 Å². The number of halogens is 4. The Morgan fingerprint density at radius 1 is 1.29 bits per heavy atom. The summed E-state index contributed by atoms with van der Waals surface area (Å²) in [5, 5.41) is 13.1. The lowest BCUT2D eigenvalue weighted by molar-refractivity contribution is -0.192. The Hall–Kier alpha value is -2.67. The van der Waals surface area contributed by atoms with E-state index in [1.807, 2.05) is 31.5 Å². The first-order valence-corrected chi connectivity index (χ1v) is 14.0. The summed E-state index contributed by atoms with van der Waals surface area (Å²) in [5.74, 6) is -2.87. The topological polar surface area (TPSA) is 97.1 Å². The molecule has 2 aromatic heterocycles. The van der Waals surface area contributed by atoms with E-state index in [0.29, 0.717) is 17.6 Å². The van der Waals surface area contributed by atoms with Crippen LogP contribution in [-0.4, -0.2) is 50.6 Å². The van der Waals surface area contributed by atoms with Crippen LogP contribution in [-0.2, 0) is 11.3 Å². The van der Waals surface area contributed by atoms with Gasteiger partial charge in [0.25, 0.3) is 0 Å². The number of thioether (sulfide) groups is 1. The molecule has 0 saturated carbocycles. The molecule has 2 atom stereocenters. The summed E-state index contributed by atoms with van der Waals surface area (Å²) in [6, 6.07) is 6.31. The Bertz CT molecular complexity index is 1430. The number of thiazole rings is 1. The lowest BCUT2D eigenvalue weighted by atomic mass is 9.87. The van der Waals surface area contributed by atoms with Crippen LogP contribution in [0, 0.1) is 6.92 Å². The lowest BCUT2D eigenvalue weighted by Gasteiger charge is -2.22. The molecule has 3 heterocycles. The standard InChI is InChI=1S/C23H23ClN4OS2.C2HF3O2/c1-13-26-21-19(31-13)8-5-14-10-15(24)6-7-17(14)20(21)18-12-28(11-16-4-3-9-25-16)23(29)27-22(18)30-2;3-2(4,5)1(6)7/h5-8,10,12,16,20,25H,3-4,9,11H2,1-2H3;(H,6,7). The van der Waals surface area contributed by atoms with E-state index in [1.165, 1.54) is 11.8 Å². The Kier molecular flexibility index (Phi) is 8.65. The van der Waals surface area contributed by atoms with Crippen LogP contribution in [0.25, 0.3) is 12.2 Å². The minimum absolute atomic E-state index is 0.111. The molecule has 0 radical (unpaired) electrons. The normalized spacial score (nSPS) is 18.3. The van der Waals surface area contributed by atoms with Crippen molar-refractivity contribution in [3.63, 3.8) is 0 Å². The molecule has 3 aromatic rings. The van der Waals surface area contributed by atoms with Crippen molar-refractivity contribution in [1.29, 1.82) is 0 Å². The molecule has 1 aromatic carbocycles. The number of carbonyl (C=O) groups is 1. The Morgan fingerprint density at radius 3 is 2.66 bits per heavy atom. The van der Waals surface area contributed by atoms with Crippen molar-refractivity contribution in [2.24, 2.45) is 0 Å². The summed E-state index contributed by atoms with van der Waals surface area (Å²) < 4.78 is 33.5. The van der Waals surface area contributed by atoms with Gasteiger partial charge in [-0.05, 0) is 61.9 Å². The predicted molar refractivity (Wildman–Crippen MR) is 143 cm³/mol. The molecule has 1 aliphatic heterocycles. The van der Waals surface area contributed by atoms with Gasteiger partial charge in [0.1, 0.15) is 5.03 Å². The van der Waals surface area contributed by atoms with E-state index in [0.717, 1.165) is 56.7 Å². The fraction of sp³-hybridized carbons (Fsp3) is 0.360. The number of aromatic nitrogens is 3. The molecular formula is C25H24ClF3N4O3S2. The number of aliphatic carboxylic acids is 1. The summed E-state index contributed by atoms with van der Waals surface area (Å²) in [7, 11) is 0. The third kappa shape index (κ3) is 6.31. The summed E-state index contributed by atoms with van der Waals surface area (Å²) in [4.78, 5) is 32.2. The number of carboxylic acids is 1. The Balaban J connectivity index is 0.000000426. The number of nitrogens with zero attached hydrogens (tertiary/aromatic N) is 3. The molecule has 0 amide bonds. The van der Waals surface area contributed by atoms with Gasteiger partial charge in [0.15, 0.2) is 0 Å². The van der Waals surface area contributed by atoms with Gasteiger partial charge in [-0.25, -0.2) is 14.6 Å². The molecule has 0 spiro atoms. The molecular weight excluding hydrogens is 561 g/mol. The predicted octanol–water partition coefficient (Wildman–Crippen LogP) is 5.43. The SMILES string of the molecule is CSc1nc(=O)n(CC2CCCN2)cc1C1c2ccc(Cl)cc2C=Cc2sc(C)nc21.O=C(O)C(F)(F)F. The van der Waals surface area contributed by atoms with Crippen molar-refractivity contribution in [1.82, 2.24) is 19.9 Å².